The van der Waals surface area contributed by atoms with Crippen LogP contribution in [-0.2, 0) is 0 Å². The molecule has 5 heterocycles. The Morgan fingerprint density at radius 1 is 1.28 bits per heavy atom. The van der Waals surface area contributed by atoms with Crippen molar-refractivity contribution in [3.05, 3.63) is 47.3 Å². The highest BCUT2D eigenvalue weighted by Crippen LogP contribution is 2.30. The first-order valence-corrected chi connectivity index (χ1v) is 9.99. The van der Waals surface area contributed by atoms with Crippen molar-refractivity contribution in [2.24, 2.45) is 0 Å². The molecule has 4 aromatic heterocycles. The molecule has 150 valence electrons. The van der Waals surface area contributed by atoms with Crippen LogP contribution < -0.4 is 5.32 Å². The van der Waals surface area contributed by atoms with Crippen molar-refractivity contribution >= 4 is 22.9 Å². The summed E-state index contributed by atoms with van der Waals surface area (Å²) in [4.78, 5) is 20.1. The largest absolute Gasteiger partial charge is 0.336 e. The molecule has 1 aliphatic heterocycles. The molecule has 0 saturated carbocycles. The lowest BCUT2D eigenvalue weighted by atomic mass is 10.1. The number of carbonyl (C=O) groups excluding carboxylic acids is 1. The first-order chi connectivity index (χ1) is 13.7. The lowest BCUT2D eigenvalue weighted by Gasteiger charge is -2.15. The fraction of sp³-hybridized carbons (Fsp3) is 0.300. The zero-order valence-electron chi connectivity index (χ0n) is 15.3. The van der Waals surface area contributed by atoms with Crippen molar-refractivity contribution in [3.8, 4) is 22.3 Å². The van der Waals surface area contributed by atoms with Gasteiger partial charge in [0.05, 0.1) is 17.3 Å². The van der Waals surface area contributed by atoms with Gasteiger partial charge in [-0.15, -0.1) is 11.3 Å². The highest BCUT2D eigenvalue weighted by molar-refractivity contribution is 7.12. The Hall–Kier alpha value is -3.04. The number of likely N-dealkylation sites (N-methyl/N-ethyl adjacent to an activating group) is 1. The monoisotopic (exact) mass is 409 g/mol. The molecule has 0 bridgehead atoms. The van der Waals surface area contributed by atoms with Gasteiger partial charge >= 0.3 is 0 Å². The van der Waals surface area contributed by atoms with Crippen LogP contribution in [0, 0.1) is 0 Å². The number of thiophene rings is 1. The number of aromatic amines is 1. The van der Waals surface area contributed by atoms with E-state index in [1.165, 1.54) is 11.3 Å². The molecule has 9 heteroatoms. The average molecular weight is 410 g/mol. The number of nitrogens with one attached hydrogen (secondary N) is 2. The Morgan fingerprint density at radius 2 is 2.17 bits per heavy atom. The number of rotatable bonds is 4. The first-order valence-electron chi connectivity index (χ1n) is 9.11. The van der Waals surface area contributed by atoms with E-state index in [0.717, 1.165) is 52.3 Å². The van der Waals surface area contributed by atoms with Gasteiger partial charge in [-0.2, -0.15) is 10.2 Å². The smallest absolute Gasteiger partial charge is 0.263 e. The number of aromatic nitrogens is 5. The Balaban J connectivity index is 0.00000205. The van der Waals surface area contributed by atoms with Gasteiger partial charge in [-0.3, -0.25) is 9.89 Å². The molecular formula is C20H23N7OS. The molecule has 0 spiro atoms. The predicted octanol–water partition coefficient (Wildman–Crippen LogP) is 2.92. The quantitative estimate of drug-likeness (QED) is 0.541. The third-order valence-corrected chi connectivity index (χ3v) is 6.11. The van der Waals surface area contributed by atoms with E-state index in [9.17, 15) is 4.79 Å². The molecule has 1 atom stereocenters. The van der Waals surface area contributed by atoms with Crippen molar-refractivity contribution < 1.29 is 4.79 Å². The van der Waals surface area contributed by atoms with Gasteiger partial charge in [-0.25, -0.2) is 9.50 Å². The summed E-state index contributed by atoms with van der Waals surface area (Å²) in [6, 6.07) is 2.33. The van der Waals surface area contributed by atoms with Crippen LogP contribution in [0.25, 0.3) is 27.9 Å². The van der Waals surface area contributed by atoms with Crippen molar-refractivity contribution in [2.45, 2.75) is 19.9 Å². The van der Waals surface area contributed by atoms with Gasteiger partial charge < -0.3 is 10.2 Å². The van der Waals surface area contributed by atoms with Gasteiger partial charge in [0.25, 0.3) is 5.91 Å². The first kappa shape index (κ1) is 19.3. The van der Waals surface area contributed by atoms with Crippen LogP contribution in [0.5, 0.6) is 0 Å². The number of hydrogen-bond donors (Lipinski definition) is 2. The molecule has 5 rings (SSSR count). The molecule has 1 fully saturated rings. The Bertz CT molecular complexity index is 1130. The summed E-state index contributed by atoms with van der Waals surface area (Å²) in [7, 11) is 1.94. The highest BCUT2D eigenvalue weighted by atomic mass is 32.1. The molecule has 0 aliphatic carbocycles. The summed E-state index contributed by atoms with van der Waals surface area (Å²) in [6.07, 6.45) is 10.1. The van der Waals surface area contributed by atoms with Crippen LogP contribution in [-0.4, -0.2) is 61.8 Å². The molecule has 1 amide bonds. The molecule has 0 aromatic carbocycles. The third-order valence-electron chi connectivity index (χ3n) is 5.19. The lowest BCUT2D eigenvalue weighted by Crippen LogP contribution is -2.33. The van der Waals surface area contributed by atoms with Crippen molar-refractivity contribution in [3.63, 3.8) is 0 Å². The number of carbonyl (C=O) groups is 1. The van der Waals surface area contributed by atoms with Crippen molar-refractivity contribution in [1.29, 1.82) is 0 Å². The Kier molecular flexibility index (Phi) is 5.16. The number of H-pyrrole nitrogens is 1. The normalized spacial score (nSPS) is 16.3. The zero-order chi connectivity index (χ0) is 19.1. The van der Waals surface area contributed by atoms with Crippen LogP contribution in [0.4, 0.5) is 0 Å². The van der Waals surface area contributed by atoms with Crippen molar-refractivity contribution in [2.75, 3.05) is 20.1 Å². The standard InChI is InChI=1S/C19H19N7OS.CH4/c1-20-15-2-3-25(10-15)19(27)17-4-12(11-28-17)16-8-24-26-9-14(5-21-18(16)26)13-6-22-23-7-13;/h4-9,11,15,20H,2-3,10H2,1H3,(H,22,23);1H4. The summed E-state index contributed by atoms with van der Waals surface area (Å²) in [5.74, 6) is 0.0978. The highest BCUT2D eigenvalue weighted by Gasteiger charge is 2.27. The summed E-state index contributed by atoms with van der Waals surface area (Å²) in [5.41, 5.74) is 4.55. The maximum Gasteiger partial charge on any atom is 0.263 e. The number of amides is 1. The van der Waals surface area contributed by atoms with Crippen LogP contribution in [0.2, 0.25) is 0 Å². The number of fused-ring (bicyclic) bond motifs is 1. The van der Waals surface area contributed by atoms with Crippen LogP contribution in [0.15, 0.2) is 42.4 Å². The second-order valence-corrected chi connectivity index (χ2v) is 7.79. The Morgan fingerprint density at radius 3 is 2.93 bits per heavy atom. The lowest BCUT2D eigenvalue weighted by molar-refractivity contribution is 0.0794. The van der Waals surface area contributed by atoms with E-state index in [-0.39, 0.29) is 13.3 Å². The van der Waals surface area contributed by atoms with E-state index in [2.05, 4.69) is 25.6 Å². The topological polar surface area (TPSA) is 91.2 Å². The fourth-order valence-corrected chi connectivity index (χ4v) is 4.44. The van der Waals surface area contributed by atoms with Gasteiger partial charge in [0.1, 0.15) is 0 Å². The molecule has 1 unspecified atom stereocenters. The molecule has 1 saturated heterocycles. The molecular weight excluding hydrogens is 386 g/mol. The molecule has 1 aliphatic rings. The van der Waals surface area contributed by atoms with Crippen LogP contribution >= 0.6 is 11.3 Å². The van der Waals surface area contributed by atoms with Gasteiger partial charge in [0.15, 0.2) is 5.65 Å². The zero-order valence-corrected chi connectivity index (χ0v) is 16.1. The van der Waals surface area contributed by atoms with E-state index >= 15 is 0 Å². The minimum absolute atomic E-state index is 0. The molecule has 4 aromatic rings. The number of hydrogen-bond acceptors (Lipinski definition) is 6. The van der Waals surface area contributed by atoms with E-state index in [1.807, 2.05) is 42.0 Å². The summed E-state index contributed by atoms with van der Waals surface area (Å²) < 4.78 is 1.76. The fourth-order valence-electron chi connectivity index (χ4n) is 3.56. The van der Waals surface area contributed by atoms with Crippen LogP contribution in [0.1, 0.15) is 23.5 Å². The van der Waals surface area contributed by atoms with Gasteiger partial charge in [-0.1, -0.05) is 7.43 Å². The minimum atomic E-state index is 0. The maximum absolute atomic E-state index is 12.8. The van der Waals surface area contributed by atoms with Crippen molar-refractivity contribution in [1.82, 2.24) is 35.0 Å². The molecule has 29 heavy (non-hydrogen) atoms. The Labute approximate surface area is 172 Å². The average Bonchev–Trinajstić information content (AvgIpc) is 3.52. The number of likely N-dealkylation sites (tertiary alicyclic amines) is 1. The van der Waals surface area contributed by atoms with Gasteiger partial charge in [-0.05, 0) is 30.5 Å². The molecule has 2 N–H and O–H groups in total. The summed E-state index contributed by atoms with van der Waals surface area (Å²) >= 11 is 1.47. The van der Waals surface area contributed by atoms with E-state index in [0.29, 0.717) is 6.04 Å². The van der Waals surface area contributed by atoms with Crippen LogP contribution in [0.3, 0.4) is 0 Å². The van der Waals surface area contributed by atoms with E-state index in [4.69, 9.17) is 0 Å². The third kappa shape index (κ3) is 3.43. The van der Waals surface area contributed by atoms with E-state index < -0.39 is 0 Å². The summed E-state index contributed by atoms with van der Waals surface area (Å²) in [6.45, 7) is 1.56. The molecule has 8 nitrogen and oxygen atoms in total. The minimum Gasteiger partial charge on any atom is -0.336 e. The van der Waals surface area contributed by atoms with E-state index in [1.54, 1.807) is 16.9 Å². The predicted molar refractivity (Wildman–Crippen MR) is 114 cm³/mol. The van der Waals surface area contributed by atoms with Gasteiger partial charge in [0, 0.05) is 54.4 Å². The maximum atomic E-state index is 12.8. The van der Waals surface area contributed by atoms with Gasteiger partial charge in [0.2, 0.25) is 0 Å². The number of nitrogens with zero attached hydrogens (tertiary/aromatic N) is 5. The molecule has 0 radical (unpaired) electrons. The summed E-state index contributed by atoms with van der Waals surface area (Å²) in [5, 5.41) is 16.5. The second kappa shape index (κ2) is 7.76. The second-order valence-electron chi connectivity index (χ2n) is 6.88. The SMILES string of the molecule is C.CNC1CCN(C(=O)c2cc(-c3cnn4cc(-c5cn[nH]c5)cnc34)cs2)C1.